The minimum Gasteiger partial charge on any atom is -0.342 e. The zero-order chi connectivity index (χ0) is 10.8. The second-order valence-corrected chi connectivity index (χ2v) is 3.66. The number of imidazole rings is 1. The molecular weight excluding hydrogens is 194 g/mol. The first-order chi connectivity index (χ1) is 7.18. The Labute approximate surface area is 86.9 Å². The molecule has 6 nitrogen and oxygen atoms in total. The van der Waals surface area contributed by atoms with Gasteiger partial charge in [0.15, 0.2) is 5.82 Å². The first-order valence-electron chi connectivity index (χ1n) is 4.77. The summed E-state index contributed by atoms with van der Waals surface area (Å²) in [4.78, 5) is 11.1. The lowest BCUT2D eigenvalue weighted by Gasteiger charge is -2.08. The maximum atomic E-state index is 5.88. The summed E-state index contributed by atoms with van der Waals surface area (Å²) >= 11 is 0. The SMILES string of the molecule is CC(C)[C@H](N)c1nc(-c2ncc[nH]2)no1. The average Bonchev–Trinajstić information content (AvgIpc) is 2.86. The van der Waals surface area contributed by atoms with Crippen LogP contribution in [0.15, 0.2) is 16.9 Å². The maximum absolute atomic E-state index is 5.88. The molecule has 0 aliphatic heterocycles. The van der Waals surface area contributed by atoms with Gasteiger partial charge in [-0.3, -0.25) is 0 Å². The van der Waals surface area contributed by atoms with Gasteiger partial charge in [-0.15, -0.1) is 0 Å². The fraction of sp³-hybridized carbons (Fsp3) is 0.444. The van der Waals surface area contributed by atoms with Crippen LogP contribution in [0, 0.1) is 5.92 Å². The number of nitrogens with two attached hydrogens (primary N) is 1. The lowest BCUT2D eigenvalue weighted by Crippen LogP contribution is -2.16. The third-order valence-corrected chi connectivity index (χ3v) is 2.16. The Hall–Kier alpha value is -1.69. The lowest BCUT2D eigenvalue weighted by molar-refractivity contribution is 0.325. The van der Waals surface area contributed by atoms with E-state index in [0.717, 1.165) is 0 Å². The average molecular weight is 207 g/mol. The van der Waals surface area contributed by atoms with Crippen molar-refractivity contribution in [3.8, 4) is 11.6 Å². The first-order valence-corrected chi connectivity index (χ1v) is 4.77. The third-order valence-electron chi connectivity index (χ3n) is 2.16. The number of hydrogen-bond acceptors (Lipinski definition) is 5. The summed E-state index contributed by atoms with van der Waals surface area (Å²) in [5, 5.41) is 3.80. The Kier molecular flexibility index (Phi) is 2.51. The Balaban J connectivity index is 2.25. The predicted molar refractivity (Wildman–Crippen MR) is 53.6 cm³/mol. The fourth-order valence-electron chi connectivity index (χ4n) is 1.14. The van der Waals surface area contributed by atoms with E-state index in [-0.39, 0.29) is 12.0 Å². The third kappa shape index (κ3) is 1.89. The molecule has 0 saturated heterocycles. The number of aromatic amines is 1. The highest BCUT2D eigenvalue weighted by Crippen LogP contribution is 2.19. The van der Waals surface area contributed by atoms with Gasteiger partial charge in [0.05, 0.1) is 6.04 Å². The van der Waals surface area contributed by atoms with Gasteiger partial charge >= 0.3 is 0 Å². The zero-order valence-corrected chi connectivity index (χ0v) is 8.64. The van der Waals surface area contributed by atoms with E-state index >= 15 is 0 Å². The van der Waals surface area contributed by atoms with Gasteiger partial charge < -0.3 is 15.2 Å². The summed E-state index contributed by atoms with van der Waals surface area (Å²) in [6.07, 6.45) is 3.33. The number of hydrogen-bond donors (Lipinski definition) is 2. The van der Waals surface area contributed by atoms with Crippen LogP contribution in [0.4, 0.5) is 0 Å². The maximum Gasteiger partial charge on any atom is 0.244 e. The molecule has 0 saturated carbocycles. The largest absolute Gasteiger partial charge is 0.342 e. The Bertz CT molecular complexity index is 419. The molecule has 6 heteroatoms. The molecule has 15 heavy (non-hydrogen) atoms. The van der Waals surface area contributed by atoms with Gasteiger partial charge in [-0.25, -0.2) is 4.98 Å². The van der Waals surface area contributed by atoms with Gasteiger partial charge in [0.2, 0.25) is 11.7 Å². The van der Waals surface area contributed by atoms with Crippen LogP contribution in [0.5, 0.6) is 0 Å². The Morgan fingerprint density at radius 1 is 1.47 bits per heavy atom. The van der Waals surface area contributed by atoms with Crippen molar-refractivity contribution in [3.63, 3.8) is 0 Å². The van der Waals surface area contributed by atoms with E-state index in [1.54, 1.807) is 12.4 Å². The minimum atomic E-state index is -0.235. The van der Waals surface area contributed by atoms with Crippen molar-refractivity contribution in [1.82, 2.24) is 20.1 Å². The van der Waals surface area contributed by atoms with Crippen LogP contribution in [0.25, 0.3) is 11.6 Å². The molecule has 0 unspecified atom stereocenters. The van der Waals surface area contributed by atoms with Crippen LogP contribution in [0.3, 0.4) is 0 Å². The monoisotopic (exact) mass is 207 g/mol. The summed E-state index contributed by atoms with van der Waals surface area (Å²) < 4.78 is 5.07. The van der Waals surface area contributed by atoms with E-state index in [9.17, 15) is 0 Å². The summed E-state index contributed by atoms with van der Waals surface area (Å²) in [5.41, 5.74) is 5.88. The van der Waals surface area contributed by atoms with E-state index in [1.165, 1.54) is 0 Å². The van der Waals surface area contributed by atoms with Gasteiger partial charge in [0, 0.05) is 12.4 Å². The molecule has 3 N–H and O–H groups in total. The first kappa shape index (κ1) is 9.85. The Morgan fingerprint density at radius 2 is 2.27 bits per heavy atom. The van der Waals surface area contributed by atoms with E-state index < -0.39 is 0 Å². The van der Waals surface area contributed by atoms with Gasteiger partial charge in [-0.05, 0) is 5.92 Å². The highest BCUT2D eigenvalue weighted by Gasteiger charge is 2.19. The van der Waals surface area contributed by atoms with Crippen molar-refractivity contribution in [2.45, 2.75) is 19.9 Å². The fourth-order valence-corrected chi connectivity index (χ4v) is 1.14. The van der Waals surface area contributed by atoms with Gasteiger partial charge in [-0.1, -0.05) is 19.0 Å². The molecule has 80 valence electrons. The van der Waals surface area contributed by atoms with Crippen molar-refractivity contribution in [2.24, 2.45) is 11.7 Å². The summed E-state index contributed by atoms with van der Waals surface area (Å²) in [6.45, 7) is 4.00. The molecule has 0 bridgehead atoms. The van der Waals surface area contributed by atoms with Gasteiger partial charge in [-0.2, -0.15) is 4.98 Å². The summed E-state index contributed by atoms with van der Waals surface area (Å²) in [5.74, 6) is 1.72. The van der Waals surface area contributed by atoms with Gasteiger partial charge in [0.25, 0.3) is 0 Å². The smallest absolute Gasteiger partial charge is 0.244 e. The van der Waals surface area contributed by atoms with Crippen molar-refractivity contribution in [3.05, 3.63) is 18.3 Å². The topological polar surface area (TPSA) is 93.6 Å². The zero-order valence-electron chi connectivity index (χ0n) is 8.64. The molecule has 1 atom stereocenters. The molecule has 0 aliphatic carbocycles. The van der Waals surface area contributed by atoms with Crippen LogP contribution in [0.2, 0.25) is 0 Å². The van der Waals surface area contributed by atoms with Crippen LogP contribution in [-0.4, -0.2) is 20.1 Å². The van der Waals surface area contributed by atoms with Crippen molar-refractivity contribution in [2.75, 3.05) is 0 Å². The number of nitrogens with one attached hydrogen (secondary N) is 1. The van der Waals surface area contributed by atoms with E-state index in [4.69, 9.17) is 10.3 Å². The number of aromatic nitrogens is 4. The van der Waals surface area contributed by atoms with E-state index in [1.807, 2.05) is 13.8 Å². The lowest BCUT2D eigenvalue weighted by atomic mass is 10.1. The standard InChI is InChI=1S/C9H13N5O/c1-5(2)6(10)9-13-8(14-15-9)7-11-3-4-12-7/h3-6H,10H2,1-2H3,(H,11,12)/t6-/m0/s1. The normalized spacial score (nSPS) is 13.3. The molecule has 0 aliphatic rings. The molecule has 2 aromatic heterocycles. The molecule has 0 amide bonds. The van der Waals surface area contributed by atoms with Crippen LogP contribution in [-0.2, 0) is 0 Å². The van der Waals surface area contributed by atoms with Crippen LogP contribution < -0.4 is 5.73 Å². The molecular formula is C9H13N5O. The second kappa shape index (κ2) is 3.82. The molecule has 0 fully saturated rings. The van der Waals surface area contributed by atoms with Crippen molar-refractivity contribution >= 4 is 0 Å². The van der Waals surface area contributed by atoms with E-state index in [2.05, 4.69) is 20.1 Å². The predicted octanol–water partition coefficient (Wildman–Crippen LogP) is 1.12. The molecule has 0 radical (unpaired) electrons. The molecule has 2 heterocycles. The molecule has 2 rings (SSSR count). The quantitative estimate of drug-likeness (QED) is 0.786. The molecule has 0 spiro atoms. The summed E-state index contributed by atoms with van der Waals surface area (Å²) in [7, 11) is 0. The minimum absolute atomic E-state index is 0.235. The second-order valence-electron chi connectivity index (χ2n) is 3.66. The van der Waals surface area contributed by atoms with Crippen molar-refractivity contribution in [1.29, 1.82) is 0 Å². The van der Waals surface area contributed by atoms with Crippen LogP contribution in [0.1, 0.15) is 25.8 Å². The highest BCUT2D eigenvalue weighted by molar-refractivity contribution is 5.40. The van der Waals surface area contributed by atoms with Crippen LogP contribution >= 0.6 is 0 Å². The number of nitrogens with zero attached hydrogens (tertiary/aromatic N) is 3. The Morgan fingerprint density at radius 3 is 2.87 bits per heavy atom. The summed E-state index contributed by atoms with van der Waals surface area (Å²) in [6, 6.07) is -0.235. The van der Waals surface area contributed by atoms with Gasteiger partial charge in [0.1, 0.15) is 0 Å². The van der Waals surface area contributed by atoms with Crippen molar-refractivity contribution < 1.29 is 4.52 Å². The van der Waals surface area contributed by atoms with E-state index in [0.29, 0.717) is 17.5 Å². The number of rotatable bonds is 3. The highest BCUT2D eigenvalue weighted by atomic mass is 16.5. The number of H-pyrrole nitrogens is 1. The molecule has 2 aromatic rings. The molecule has 0 aromatic carbocycles.